The number of hydrogen-bond donors (Lipinski definition) is 3. The fourth-order valence-electron chi connectivity index (χ4n) is 7.94. The molecule has 0 saturated carbocycles. The second kappa shape index (κ2) is 17.7. The van der Waals surface area contributed by atoms with Gasteiger partial charge in [-0.1, -0.05) is 29.3 Å². The van der Waals surface area contributed by atoms with Gasteiger partial charge in [-0.05, 0) is 94.5 Å². The normalized spacial score (nSPS) is 15.0. The van der Waals surface area contributed by atoms with E-state index in [4.69, 9.17) is 53.7 Å². The van der Waals surface area contributed by atoms with Crippen LogP contribution < -0.4 is 25.9 Å². The fourth-order valence-corrected chi connectivity index (χ4v) is 8.30. The molecule has 0 unspecified atom stereocenters. The molecule has 0 radical (unpaired) electrons. The summed E-state index contributed by atoms with van der Waals surface area (Å²) in [6, 6.07) is 12.4. The molecule has 1 aliphatic rings. The van der Waals surface area contributed by atoms with Crippen molar-refractivity contribution in [3.63, 3.8) is 0 Å². The highest BCUT2D eigenvalue weighted by Crippen LogP contribution is 2.44. The number of benzene rings is 3. The molecule has 0 spiro atoms. The second-order valence-electron chi connectivity index (χ2n) is 14.6. The Kier molecular flexibility index (Phi) is 13.0. The topological polar surface area (TPSA) is 169 Å². The number of hydrazone groups is 1. The molecule has 0 saturated heterocycles. The van der Waals surface area contributed by atoms with E-state index >= 15 is 4.79 Å². The number of nitrogens with two attached hydrogens (primary N) is 2. The molecule has 1 atom stereocenters. The molecular formula is C43H50Cl2N6O7. The number of nitrogens with zero attached hydrogens (tertiary/aromatic N) is 4. The number of anilines is 1. The Hall–Kier alpha value is -5.21. The van der Waals surface area contributed by atoms with Crippen LogP contribution >= 0.6 is 23.2 Å². The molecule has 13 nitrogen and oxygen atoms in total. The number of aromatic carboxylic acids is 1. The van der Waals surface area contributed by atoms with Crippen molar-refractivity contribution >= 4 is 73.9 Å². The standard InChI is InChI=1S/C43H50Cl2N6O7/c1-23-17-29(18-24(2)38(23)45)57-12-8-9-31-32-10-11-33(44)37(36(26(4)46)27(5)48-47)40(32)51-25(3)22-50(42(52)41(31)51)34-21-30(58-16-15-56-14-13-55-7)19-28-20-35(43(53)54)49(6)39(28)34/h10-11,17-21,25H,8-9,12-16,22,46-47H2,1-7H3,(H,53,54)/t25-/m1/s1. The molecule has 15 heteroatoms. The average Bonchev–Trinajstić information content (AvgIpc) is 3.70. The Bertz CT molecular complexity index is 2440. The first kappa shape index (κ1) is 42.4. The Morgan fingerprint density at radius 2 is 1.64 bits per heavy atom. The molecule has 1 aliphatic heterocycles. The van der Waals surface area contributed by atoms with Gasteiger partial charge in [-0.3, -0.25) is 4.79 Å². The van der Waals surface area contributed by atoms with E-state index in [9.17, 15) is 9.90 Å². The highest BCUT2D eigenvalue weighted by Gasteiger charge is 2.38. The Morgan fingerprint density at radius 1 is 0.966 bits per heavy atom. The fraction of sp³-hybridized carbons (Fsp3) is 0.372. The van der Waals surface area contributed by atoms with E-state index in [1.165, 1.54) is 0 Å². The Balaban J connectivity index is 1.49. The van der Waals surface area contributed by atoms with E-state index in [0.29, 0.717) is 106 Å². The van der Waals surface area contributed by atoms with Crippen LogP contribution in [0.5, 0.6) is 11.5 Å². The lowest BCUT2D eigenvalue weighted by molar-refractivity contribution is 0.0544. The Morgan fingerprint density at radius 3 is 2.29 bits per heavy atom. The summed E-state index contributed by atoms with van der Waals surface area (Å²) in [6.07, 6.45) is 1.06. The maximum Gasteiger partial charge on any atom is 0.352 e. The summed E-state index contributed by atoms with van der Waals surface area (Å²) < 4.78 is 26.7. The number of ether oxygens (including phenoxy) is 4. The molecule has 0 fully saturated rings. The van der Waals surface area contributed by atoms with E-state index < -0.39 is 5.97 Å². The quantitative estimate of drug-likeness (QED) is 0.0386. The second-order valence-corrected chi connectivity index (χ2v) is 15.4. The monoisotopic (exact) mass is 832 g/mol. The molecule has 6 rings (SSSR count). The van der Waals surface area contributed by atoms with Crippen LogP contribution in [-0.4, -0.2) is 78.5 Å². The van der Waals surface area contributed by atoms with Gasteiger partial charge in [0.25, 0.3) is 5.91 Å². The molecule has 3 heterocycles. The molecule has 58 heavy (non-hydrogen) atoms. The molecule has 308 valence electrons. The van der Waals surface area contributed by atoms with E-state index in [0.717, 1.165) is 27.6 Å². The number of allylic oxidation sites excluding steroid dienone is 2. The number of carbonyl (C=O) groups excluding carboxylic acids is 1. The minimum Gasteiger partial charge on any atom is -0.494 e. The summed E-state index contributed by atoms with van der Waals surface area (Å²) in [7, 11) is 3.29. The predicted molar refractivity (Wildman–Crippen MR) is 230 cm³/mol. The molecular weight excluding hydrogens is 783 g/mol. The minimum atomic E-state index is -1.09. The first-order valence-electron chi connectivity index (χ1n) is 19.0. The molecule has 3 aromatic carbocycles. The number of amides is 1. The first-order chi connectivity index (χ1) is 27.7. The average molecular weight is 834 g/mol. The van der Waals surface area contributed by atoms with E-state index in [1.807, 2.05) is 49.6 Å². The highest BCUT2D eigenvalue weighted by molar-refractivity contribution is 6.38. The predicted octanol–water partition coefficient (Wildman–Crippen LogP) is 8.05. The van der Waals surface area contributed by atoms with Crippen molar-refractivity contribution in [2.24, 2.45) is 23.7 Å². The van der Waals surface area contributed by atoms with Gasteiger partial charge in [0.05, 0.1) is 53.9 Å². The Labute approximate surface area is 347 Å². The van der Waals surface area contributed by atoms with Gasteiger partial charge in [0.2, 0.25) is 0 Å². The highest BCUT2D eigenvalue weighted by atomic mass is 35.5. The summed E-state index contributed by atoms with van der Waals surface area (Å²) in [6.45, 7) is 11.5. The van der Waals surface area contributed by atoms with Gasteiger partial charge in [-0.25, -0.2) is 4.79 Å². The first-order valence-corrected chi connectivity index (χ1v) is 19.8. The van der Waals surface area contributed by atoms with Crippen LogP contribution in [0.3, 0.4) is 0 Å². The van der Waals surface area contributed by atoms with Crippen LogP contribution in [0.15, 0.2) is 53.3 Å². The van der Waals surface area contributed by atoms with Gasteiger partial charge in [0, 0.05) is 65.4 Å². The van der Waals surface area contributed by atoms with Crippen molar-refractivity contribution in [3.8, 4) is 11.5 Å². The number of rotatable bonds is 16. The van der Waals surface area contributed by atoms with Gasteiger partial charge < -0.3 is 49.7 Å². The van der Waals surface area contributed by atoms with Gasteiger partial charge in [-0.15, -0.1) is 0 Å². The zero-order valence-electron chi connectivity index (χ0n) is 33.9. The number of halogens is 2. The summed E-state index contributed by atoms with van der Waals surface area (Å²) in [4.78, 5) is 29.4. The SMILES string of the molecule is COCCOCCOc1cc(N2C[C@@H](C)n3c(c(CCCOc4cc(C)c(Cl)c(C)c4)c4ccc(Cl)c(C(C(C)=NN)=C(C)N)c43)C2=O)c2c(c1)cc(C(=O)O)n2C. The number of carboxylic acids is 1. The zero-order valence-corrected chi connectivity index (χ0v) is 35.4. The van der Waals surface area contributed by atoms with Crippen molar-refractivity contribution in [3.05, 3.63) is 91.8 Å². The lowest BCUT2D eigenvalue weighted by Gasteiger charge is -2.35. The minimum absolute atomic E-state index is 0.0716. The van der Waals surface area contributed by atoms with Crippen LogP contribution in [0.25, 0.3) is 27.4 Å². The lowest BCUT2D eigenvalue weighted by atomic mass is 9.96. The third kappa shape index (κ3) is 8.09. The van der Waals surface area contributed by atoms with Crippen LogP contribution in [-0.2, 0) is 22.9 Å². The largest absolute Gasteiger partial charge is 0.494 e. The number of fused-ring (bicyclic) bond motifs is 4. The van der Waals surface area contributed by atoms with Crippen LogP contribution in [0.2, 0.25) is 10.0 Å². The zero-order chi connectivity index (χ0) is 42.0. The smallest absolute Gasteiger partial charge is 0.352 e. The van der Waals surface area contributed by atoms with Gasteiger partial charge in [0.1, 0.15) is 29.5 Å². The van der Waals surface area contributed by atoms with Crippen molar-refractivity contribution < 1.29 is 33.6 Å². The number of carbonyl (C=O) groups is 2. The maximum atomic E-state index is 15.3. The molecule has 0 aliphatic carbocycles. The van der Waals surface area contributed by atoms with Crippen LogP contribution in [0.1, 0.15) is 76.5 Å². The molecule has 0 bridgehead atoms. The third-order valence-electron chi connectivity index (χ3n) is 10.5. The van der Waals surface area contributed by atoms with Crippen molar-refractivity contribution in [2.75, 3.05) is 51.6 Å². The summed E-state index contributed by atoms with van der Waals surface area (Å²) >= 11 is 13.4. The van der Waals surface area contributed by atoms with Crippen LogP contribution in [0.4, 0.5) is 5.69 Å². The van der Waals surface area contributed by atoms with E-state index in [2.05, 4.69) is 5.10 Å². The lowest BCUT2D eigenvalue weighted by Crippen LogP contribution is -2.43. The van der Waals surface area contributed by atoms with E-state index in [1.54, 1.807) is 55.7 Å². The van der Waals surface area contributed by atoms with Crippen molar-refractivity contribution in [2.45, 2.75) is 53.5 Å². The van der Waals surface area contributed by atoms with Crippen molar-refractivity contribution in [1.82, 2.24) is 9.13 Å². The number of aryl methyl sites for hydroxylation is 4. The van der Waals surface area contributed by atoms with E-state index in [-0.39, 0.29) is 30.8 Å². The van der Waals surface area contributed by atoms with Gasteiger partial charge in [-0.2, -0.15) is 5.10 Å². The van der Waals surface area contributed by atoms with Gasteiger partial charge in [0.15, 0.2) is 0 Å². The molecule has 1 amide bonds. The number of methoxy groups -OCH3 is 1. The third-order valence-corrected chi connectivity index (χ3v) is 11.4. The molecule has 5 aromatic rings. The summed E-state index contributed by atoms with van der Waals surface area (Å²) in [5.74, 6) is 5.65. The number of aromatic nitrogens is 2. The van der Waals surface area contributed by atoms with Crippen LogP contribution in [0, 0.1) is 13.8 Å². The number of carboxylic acid groups (broad SMARTS) is 1. The molecule has 5 N–H and O–H groups in total. The van der Waals surface area contributed by atoms with Crippen molar-refractivity contribution in [1.29, 1.82) is 0 Å². The molecule has 2 aromatic heterocycles. The number of hydrogen-bond acceptors (Lipinski definition) is 9. The maximum absolute atomic E-state index is 15.3. The van der Waals surface area contributed by atoms with Gasteiger partial charge >= 0.3 is 5.97 Å². The summed E-state index contributed by atoms with van der Waals surface area (Å²) in [5, 5.41) is 16.7. The summed E-state index contributed by atoms with van der Waals surface area (Å²) in [5.41, 5.74) is 13.7.